The van der Waals surface area contributed by atoms with Crippen LogP contribution in [0.4, 0.5) is 0 Å². The van der Waals surface area contributed by atoms with Crippen molar-refractivity contribution in [2.24, 2.45) is 0 Å². The molecule has 1 radical (unpaired) electrons. The number of rotatable bonds is 3. The number of pyridine rings is 1. The molecule has 1 N–H and O–H groups in total. The number of nitrogens with zero attached hydrogens (tertiary/aromatic N) is 1. The van der Waals surface area contributed by atoms with Gasteiger partial charge in [-0.15, -0.1) is 17.5 Å². The Labute approximate surface area is 249 Å². The van der Waals surface area contributed by atoms with Gasteiger partial charge in [0, 0.05) is 38.1 Å². The van der Waals surface area contributed by atoms with Crippen molar-refractivity contribution in [1.82, 2.24) is 4.98 Å². The number of aromatic nitrogens is 1. The van der Waals surface area contributed by atoms with Crippen LogP contribution in [0.5, 0.6) is 0 Å². The van der Waals surface area contributed by atoms with E-state index in [-0.39, 0.29) is 31.6 Å². The van der Waals surface area contributed by atoms with Crippen LogP contribution >= 0.6 is 0 Å². The molecule has 6 aromatic rings. The Balaban J connectivity index is 0.000000413. The van der Waals surface area contributed by atoms with Crippen molar-refractivity contribution in [3.8, 4) is 11.3 Å². The van der Waals surface area contributed by atoms with E-state index in [9.17, 15) is 4.79 Å². The molecule has 0 spiro atoms. The number of hydrogen-bond donors (Lipinski definition) is 1. The number of aliphatic hydroxyl groups excluding tert-OH is 1. The van der Waals surface area contributed by atoms with Gasteiger partial charge >= 0.3 is 0 Å². The maximum atomic E-state index is 10.0. The molecule has 1 aromatic heterocycles. The number of benzene rings is 5. The first kappa shape index (κ1) is 29.4. The van der Waals surface area contributed by atoms with Gasteiger partial charge in [-0.3, -0.25) is 9.78 Å². The van der Waals surface area contributed by atoms with Gasteiger partial charge in [-0.1, -0.05) is 125 Å². The van der Waals surface area contributed by atoms with Crippen LogP contribution in [0.15, 0.2) is 103 Å². The molecule has 0 aliphatic carbocycles. The summed E-state index contributed by atoms with van der Waals surface area (Å²) in [5, 5.41) is 19.7. The van der Waals surface area contributed by atoms with E-state index in [2.05, 4.69) is 111 Å². The molecule has 1 heterocycles. The van der Waals surface area contributed by atoms with E-state index in [4.69, 9.17) is 10.1 Å². The van der Waals surface area contributed by atoms with Crippen LogP contribution in [0.1, 0.15) is 13.8 Å². The summed E-state index contributed by atoms with van der Waals surface area (Å²) < 4.78 is 0. The fourth-order valence-electron chi connectivity index (χ4n) is 5.02. The number of aliphatic hydroxyl groups is 1. The summed E-state index contributed by atoms with van der Waals surface area (Å²) in [4.78, 5) is 14.9. The Hall–Kier alpha value is -3.63. The first-order valence-corrected chi connectivity index (χ1v) is 16.7. The number of allylic oxidation sites excluding steroid dienone is 2. The summed E-state index contributed by atoms with van der Waals surface area (Å²) in [7, 11) is -1.36. The van der Waals surface area contributed by atoms with E-state index < -0.39 is 8.07 Å². The first-order valence-electron chi connectivity index (χ1n) is 13.2. The van der Waals surface area contributed by atoms with Crippen molar-refractivity contribution >= 4 is 62.1 Å². The van der Waals surface area contributed by atoms with Crippen LogP contribution in [0, 0.1) is 6.07 Å². The molecule has 0 atom stereocenters. The summed E-state index contributed by atoms with van der Waals surface area (Å²) in [6.45, 7) is 10.1. The van der Waals surface area contributed by atoms with Gasteiger partial charge in [0.05, 0.1) is 13.8 Å². The SMILES string of the molecule is CC(=O)/C=C(/C)O.C[Si](C)(C)c1ccc2c(ccc3cnc(-c4[c-]c5ccccc5c5ccccc45)cc32)c1.[Ir]. The second kappa shape index (κ2) is 11.9. The first-order chi connectivity index (χ1) is 18.6. The molecule has 5 heteroatoms. The Kier molecular flexibility index (Phi) is 8.70. The molecule has 0 aliphatic heterocycles. The molecule has 5 aromatic carbocycles. The van der Waals surface area contributed by atoms with Crippen molar-refractivity contribution in [2.75, 3.05) is 0 Å². The number of carbonyl (C=O) groups excluding carboxylic acids is 1. The molecule has 0 fully saturated rings. The van der Waals surface area contributed by atoms with Crippen molar-refractivity contribution in [1.29, 1.82) is 0 Å². The fourth-order valence-corrected chi connectivity index (χ4v) is 6.19. The molecule has 6 rings (SSSR count). The van der Waals surface area contributed by atoms with Gasteiger partial charge in [-0.05, 0) is 35.4 Å². The summed E-state index contributed by atoms with van der Waals surface area (Å²) in [5.74, 6) is -0.0625. The van der Waals surface area contributed by atoms with Crippen molar-refractivity contribution < 1.29 is 30.0 Å². The van der Waals surface area contributed by atoms with Gasteiger partial charge in [-0.2, -0.15) is 0 Å². The third kappa shape index (κ3) is 6.07. The summed E-state index contributed by atoms with van der Waals surface area (Å²) in [6, 6.07) is 34.4. The zero-order valence-electron chi connectivity index (χ0n) is 23.4. The van der Waals surface area contributed by atoms with E-state index in [1.807, 2.05) is 6.20 Å². The van der Waals surface area contributed by atoms with Gasteiger partial charge in [0.1, 0.15) is 0 Å². The van der Waals surface area contributed by atoms with Crippen LogP contribution in [-0.2, 0) is 24.9 Å². The average Bonchev–Trinajstić information content (AvgIpc) is 2.91. The predicted octanol–water partition coefficient (Wildman–Crippen LogP) is 8.74. The number of hydrogen-bond acceptors (Lipinski definition) is 3. The third-order valence-electron chi connectivity index (χ3n) is 6.93. The molecule has 0 saturated heterocycles. The quantitative estimate of drug-likeness (QED) is 0.0655. The maximum absolute atomic E-state index is 10.0. The van der Waals surface area contributed by atoms with Gasteiger partial charge in [-0.25, -0.2) is 0 Å². The van der Waals surface area contributed by atoms with E-state index in [1.54, 1.807) is 0 Å². The predicted molar refractivity (Wildman–Crippen MR) is 169 cm³/mol. The number of fused-ring (bicyclic) bond motifs is 6. The number of carbonyl (C=O) groups is 1. The Morgan fingerprint density at radius 1 is 0.775 bits per heavy atom. The Bertz CT molecular complexity index is 1900. The molecular formula is C35H32IrNO2Si-. The molecule has 0 unspecified atom stereocenters. The zero-order valence-corrected chi connectivity index (χ0v) is 26.8. The normalized spacial score (nSPS) is 11.8. The van der Waals surface area contributed by atoms with E-state index in [0.717, 1.165) is 16.6 Å². The molecule has 40 heavy (non-hydrogen) atoms. The van der Waals surface area contributed by atoms with Crippen molar-refractivity contribution in [2.45, 2.75) is 33.5 Å². The topological polar surface area (TPSA) is 50.2 Å². The minimum absolute atomic E-state index is 0. The minimum atomic E-state index is -1.36. The molecule has 0 amide bonds. The summed E-state index contributed by atoms with van der Waals surface area (Å²) in [5.41, 5.74) is 2.04. The number of ketones is 1. The van der Waals surface area contributed by atoms with Crippen molar-refractivity contribution in [3.05, 3.63) is 109 Å². The van der Waals surface area contributed by atoms with Gasteiger partial charge in [0.25, 0.3) is 0 Å². The Morgan fingerprint density at radius 2 is 1.43 bits per heavy atom. The maximum Gasteiger partial charge on any atom is 0.155 e. The fraction of sp³-hybridized carbons (Fsp3) is 0.143. The standard InChI is InChI=1S/C30H24NSi.C5H8O2.Ir/c1-32(2,3)23-14-15-25-21(16-23)12-13-22-19-31-30(18-28(22)25)29-17-20-8-4-5-9-24(20)26-10-6-7-11-27(26)29;1-4(6)3-5(2)7;/h4-16,18-19H,1-3H3;3,6H,1-2H3;/q-1;;/b;4-3-;. The Morgan fingerprint density at radius 3 is 2.08 bits per heavy atom. The largest absolute Gasteiger partial charge is 0.512 e. The smallest absolute Gasteiger partial charge is 0.155 e. The molecule has 0 saturated carbocycles. The van der Waals surface area contributed by atoms with Gasteiger partial charge < -0.3 is 5.11 Å². The van der Waals surface area contributed by atoms with E-state index >= 15 is 0 Å². The van der Waals surface area contributed by atoms with Crippen LogP contribution in [-0.4, -0.2) is 23.9 Å². The van der Waals surface area contributed by atoms with E-state index in [1.165, 1.54) is 62.8 Å². The van der Waals surface area contributed by atoms with Crippen LogP contribution < -0.4 is 5.19 Å². The van der Waals surface area contributed by atoms with E-state index in [0.29, 0.717) is 0 Å². The second-order valence-corrected chi connectivity index (χ2v) is 16.1. The molecule has 0 bridgehead atoms. The van der Waals surface area contributed by atoms with Crippen LogP contribution in [0.3, 0.4) is 0 Å². The second-order valence-electron chi connectivity index (χ2n) is 11.0. The molecule has 3 nitrogen and oxygen atoms in total. The third-order valence-corrected chi connectivity index (χ3v) is 8.97. The monoisotopic (exact) mass is 719 g/mol. The van der Waals surface area contributed by atoms with Gasteiger partial charge in [0.15, 0.2) is 5.78 Å². The minimum Gasteiger partial charge on any atom is -0.512 e. The van der Waals surface area contributed by atoms with Crippen LogP contribution in [0.25, 0.3) is 54.3 Å². The molecular weight excluding hydrogens is 687 g/mol. The zero-order chi connectivity index (χ0) is 27.7. The molecule has 0 aliphatic rings. The average molecular weight is 719 g/mol. The van der Waals surface area contributed by atoms with Crippen molar-refractivity contribution in [3.63, 3.8) is 0 Å². The summed E-state index contributed by atoms with van der Waals surface area (Å²) in [6.07, 6.45) is 3.17. The van der Waals surface area contributed by atoms with Crippen LogP contribution in [0.2, 0.25) is 19.6 Å². The van der Waals surface area contributed by atoms with Gasteiger partial charge in [0.2, 0.25) is 0 Å². The molecule has 203 valence electrons. The summed E-state index contributed by atoms with van der Waals surface area (Å²) >= 11 is 0.